The number of thiophene rings is 1. The molecule has 0 saturated heterocycles. The predicted molar refractivity (Wildman–Crippen MR) is 78.1 cm³/mol. The van der Waals surface area contributed by atoms with Gasteiger partial charge in [-0.15, -0.1) is 22.9 Å². The number of hydrogen-bond donors (Lipinski definition) is 0. The highest BCUT2D eigenvalue weighted by Gasteiger charge is 2.58. The maximum Gasteiger partial charge on any atom is 0.0735 e. The lowest BCUT2D eigenvalue weighted by molar-refractivity contribution is -0.103. The number of halogens is 1. The first kappa shape index (κ1) is 11.8. The van der Waals surface area contributed by atoms with Gasteiger partial charge in [0.05, 0.1) is 5.38 Å². The van der Waals surface area contributed by atoms with Gasteiger partial charge < -0.3 is 0 Å². The lowest BCUT2D eigenvalue weighted by atomic mass is 9.44. The van der Waals surface area contributed by atoms with Crippen LogP contribution >= 0.6 is 22.9 Å². The molecule has 0 N–H and O–H groups in total. The quantitative estimate of drug-likeness (QED) is 0.616. The minimum absolute atomic E-state index is 0.266. The minimum atomic E-state index is 0.266. The number of alkyl halides is 1. The Hall–Kier alpha value is -0.0100. The van der Waals surface area contributed by atoms with Crippen LogP contribution in [0, 0.1) is 22.7 Å². The molecule has 0 amide bonds. The van der Waals surface area contributed by atoms with E-state index in [-0.39, 0.29) is 5.38 Å². The van der Waals surface area contributed by atoms with Gasteiger partial charge in [0.15, 0.2) is 0 Å². The van der Waals surface area contributed by atoms with Crippen LogP contribution in [0.25, 0.3) is 0 Å². The molecule has 4 fully saturated rings. The largest absolute Gasteiger partial charge is 0.147 e. The van der Waals surface area contributed by atoms with Crippen LogP contribution in [-0.2, 0) is 0 Å². The van der Waals surface area contributed by atoms with E-state index < -0.39 is 0 Å². The Morgan fingerprint density at radius 2 is 2.00 bits per heavy atom. The second kappa shape index (κ2) is 3.76. The molecule has 0 radical (unpaired) electrons. The fraction of sp³-hybridized carbons (Fsp3) is 0.750. The summed E-state index contributed by atoms with van der Waals surface area (Å²) in [7, 11) is 0. The SMILES string of the molecule is CC12CC3CC(C1)CC(C(Cl)c1cccs1)(C3)C2. The molecule has 4 aliphatic rings. The summed E-state index contributed by atoms with van der Waals surface area (Å²) in [5.41, 5.74) is 1.03. The monoisotopic (exact) mass is 280 g/mol. The standard InChI is InChI=1S/C16H21ClS/c1-15-6-11-5-12(7-15)9-16(8-11,10-15)14(17)13-3-2-4-18-13/h2-4,11-12,14H,5-10H2,1H3. The van der Waals surface area contributed by atoms with Crippen molar-refractivity contribution >= 4 is 22.9 Å². The van der Waals surface area contributed by atoms with Gasteiger partial charge in [-0.2, -0.15) is 0 Å². The fourth-order valence-electron chi connectivity index (χ4n) is 5.83. The van der Waals surface area contributed by atoms with Gasteiger partial charge in [0.1, 0.15) is 0 Å². The van der Waals surface area contributed by atoms with E-state index in [1.807, 2.05) is 11.3 Å². The predicted octanol–water partition coefficient (Wildman–Crippen LogP) is 5.63. The van der Waals surface area contributed by atoms with Crippen molar-refractivity contribution in [1.29, 1.82) is 0 Å². The van der Waals surface area contributed by atoms with Crippen LogP contribution in [0.1, 0.15) is 55.7 Å². The Labute approximate surface area is 119 Å². The highest BCUT2D eigenvalue weighted by Crippen LogP contribution is 2.69. The molecule has 4 aliphatic carbocycles. The molecule has 5 rings (SSSR count). The molecular weight excluding hydrogens is 260 g/mol. The zero-order valence-corrected chi connectivity index (χ0v) is 12.6. The van der Waals surface area contributed by atoms with Crippen molar-refractivity contribution in [3.05, 3.63) is 22.4 Å². The first-order valence-electron chi connectivity index (χ1n) is 7.26. The van der Waals surface area contributed by atoms with Gasteiger partial charge >= 0.3 is 0 Å². The van der Waals surface area contributed by atoms with E-state index in [0.29, 0.717) is 10.8 Å². The molecule has 1 aromatic heterocycles. The molecule has 0 spiro atoms. The summed E-state index contributed by atoms with van der Waals surface area (Å²) in [6, 6.07) is 4.39. The van der Waals surface area contributed by atoms with E-state index in [9.17, 15) is 0 Å². The lowest BCUT2D eigenvalue weighted by Gasteiger charge is -2.62. The highest BCUT2D eigenvalue weighted by atomic mass is 35.5. The van der Waals surface area contributed by atoms with Crippen molar-refractivity contribution in [3.63, 3.8) is 0 Å². The van der Waals surface area contributed by atoms with Gasteiger partial charge in [-0.1, -0.05) is 13.0 Å². The Balaban J connectivity index is 1.71. The van der Waals surface area contributed by atoms with Crippen molar-refractivity contribution in [2.45, 2.75) is 50.8 Å². The molecule has 2 heteroatoms. The summed E-state index contributed by atoms with van der Waals surface area (Å²) in [5.74, 6) is 1.94. The van der Waals surface area contributed by atoms with Gasteiger partial charge in [0.25, 0.3) is 0 Å². The van der Waals surface area contributed by atoms with Gasteiger partial charge in [0.2, 0.25) is 0 Å². The normalized spacial score (nSPS) is 47.4. The summed E-state index contributed by atoms with van der Waals surface area (Å²) in [6.07, 6.45) is 8.60. The highest BCUT2D eigenvalue weighted by molar-refractivity contribution is 7.10. The molecule has 1 heterocycles. The van der Waals surface area contributed by atoms with Gasteiger partial charge in [0, 0.05) is 4.88 Å². The van der Waals surface area contributed by atoms with E-state index in [2.05, 4.69) is 24.4 Å². The van der Waals surface area contributed by atoms with Crippen molar-refractivity contribution < 1.29 is 0 Å². The lowest BCUT2D eigenvalue weighted by Crippen LogP contribution is -2.52. The second-order valence-corrected chi connectivity index (χ2v) is 8.93. The van der Waals surface area contributed by atoms with Crippen LogP contribution in [0.15, 0.2) is 17.5 Å². The molecule has 3 unspecified atom stereocenters. The molecule has 1 aromatic rings. The van der Waals surface area contributed by atoms with Gasteiger partial charge in [-0.05, 0) is 72.6 Å². The fourth-order valence-corrected chi connectivity index (χ4v) is 7.16. The topological polar surface area (TPSA) is 0 Å². The second-order valence-electron chi connectivity index (χ2n) is 7.51. The molecule has 98 valence electrons. The summed E-state index contributed by atoms with van der Waals surface area (Å²) in [5, 5.41) is 2.44. The number of rotatable bonds is 2. The van der Waals surface area contributed by atoms with Crippen LogP contribution in [0.2, 0.25) is 0 Å². The average molecular weight is 281 g/mol. The summed E-state index contributed by atoms with van der Waals surface area (Å²) in [4.78, 5) is 1.40. The van der Waals surface area contributed by atoms with Crippen molar-refractivity contribution in [1.82, 2.24) is 0 Å². The maximum atomic E-state index is 6.94. The first-order chi connectivity index (χ1) is 8.59. The zero-order valence-electron chi connectivity index (χ0n) is 11.0. The Morgan fingerprint density at radius 1 is 1.28 bits per heavy atom. The van der Waals surface area contributed by atoms with Crippen LogP contribution in [-0.4, -0.2) is 0 Å². The van der Waals surface area contributed by atoms with Crippen LogP contribution in [0.4, 0.5) is 0 Å². The van der Waals surface area contributed by atoms with Gasteiger partial charge in [-0.3, -0.25) is 0 Å². The maximum absolute atomic E-state index is 6.94. The van der Waals surface area contributed by atoms with E-state index in [0.717, 1.165) is 11.8 Å². The Morgan fingerprint density at radius 3 is 2.56 bits per heavy atom. The first-order valence-corrected chi connectivity index (χ1v) is 8.58. The molecule has 3 atom stereocenters. The molecule has 4 saturated carbocycles. The number of hydrogen-bond acceptors (Lipinski definition) is 1. The van der Waals surface area contributed by atoms with Crippen molar-refractivity contribution in [2.75, 3.05) is 0 Å². The smallest absolute Gasteiger partial charge is 0.0735 e. The van der Waals surface area contributed by atoms with E-state index >= 15 is 0 Å². The van der Waals surface area contributed by atoms with E-state index in [4.69, 9.17) is 11.6 Å². The summed E-state index contributed by atoms with van der Waals surface area (Å²) >= 11 is 8.79. The third-order valence-corrected chi connectivity index (χ3v) is 7.49. The molecule has 0 nitrogen and oxygen atoms in total. The van der Waals surface area contributed by atoms with Crippen LogP contribution in [0.5, 0.6) is 0 Å². The van der Waals surface area contributed by atoms with Gasteiger partial charge in [-0.25, -0.2) is 0 Å². The van der Waals surface area contributed by atoms with Crippen molar-refractivity contribution in [2.24, 2.45) is 22.7 Å². The van der Waals surface area contributed by atoms with E-state index in [1.165, 1.54) is 43.4 Å². The summed E-state index contributed by atoms with van der Waals surface area (Å²) < 4.78 is 0. The molecule has 0 aromatic carbocycles. The Kier molecular flexibility index (Phi) is 2.46. The molecule has 0 aliphatic heterocycles. The van der Waals surface area contributed by atoms with Crippen LogP contribution < -0.4 is 0 Å². The third kappa shape index (κ3) is 1.63. The molecule has 18 heavy (non-hydrogen) atoms. The third-order valence-electron chi connectivity index (χ3n) is 5.73. The Bertz CT molecular complexity index is 436. The average Bonchev–Trinajstić information content (AvgIpc) is 2.77. The van der Waals surface area contributed by atoms with E-state index in [1.54, 1.807) is 0 Å². The van der Waals surface area contributed by atoms with Crippen LogP contribution in [0.3, 0.4) is 0 Å². The summed E-state index contributed by atoms with van der Waals surface area (Å²) in [6.45, 7) is 2.53. The molecule has 4 bridgehead atoms. The van der Waals surface area contributed by atoms with Crippen molar-refractivity contribution in [3.8, 4) is 0 Å². The molecular formula is C16H21ClS. The zero-order chi connectivity index (χ0) is 12.4. The minimum Gasteiger partial charge on any atom is -0.147 e.